The monoisotopic (exact) mass is 184 g/mol. The molecule has 0 spiro atoms. The van der Waals surface area contributed by atoms with Crippen LogP contribution in [0.25, 0.3) is 0 Å². The van der Waals surface area contributed by atoms with Gasteiger partial charge in [-0.15, -0.1) is 11.3 Å². The Morgan fingerprint density at radius 3 is 3.00 bits per heavy atom. The summed E-state index contributed by atoms with van der Waals surface area (Å²) >= 11 is 1.56. The maximum Gasteiger partial charge on any atom is 0.139 e. The summed E-state index contributed by atoms with van der Waals surface area (Å²) in [5.41, 5.74) is 0. The van der Waals surface area contributed by atoms with Crippen LogP contribution in [0.5, 0.6) is 5.75 Å². The molecule has 0 saturated heterocycles. The van der Waals surface area contributed by atoms with Gasteiger partial charge in [0.25, 0.3) is 0 Å². The largest absolute Gasteiger partial charge is 0.489 e. The first-order chi connectivity index (χ1) is 5.74. The zero-order valence-electron chi connectivity index (χ0n) is 7.15. The summed E-state index contributed by atoms with van der Waals surface area (Å²) in [6.45, 7) is 3.97. The zero-order chi connectivity index (χ0) is 8.97. The number of hydrogen-bond acceptors (Lipinski definition) is 4. The van der Waals surface area contributed by atoms with Gasteiger partial charge in [-0.3, -0.25) is 0 Å². The van der Waals surface area contributed by atoms with Crippen LogP contribution in [0.4, 0.5) is 0 Å². The van der Waals surface area contributed by atoms with E-state index < -0.39 is 0 Å². The Labute approximate surface area is 75.9 Å². The smallest absolute Gasteiger partial charge is 0.139 e. The second-order valence-corrected chi connectivity index (χ2v) is 3.54. The molecule has 0 amide bonds. The van der Waals surface area contributed by atoms with Crippen LogP contribution in [0.1, 0.15) is 18.7 Å². The molecule has 1 aromatic heterocycles. The first-order valence-corrected chi connectivity index (χ1v) is 4.59. The van der Waals surface area contributed by atoms with E-state index in [1.165, 1.54) is 0 Å². The summed E-state index contributed by atoms with van der Waals surface area (Å²) in [6, 6.07) is 1.92. The van der Waals surface area contributed by atoms with Gasteiger partial charge in [-0.05, 0) is 25.3 Å². The first kappa shape index (κ1) is 9.06. The fraction of sp³-hybridized carbons (Fsp3) is 0.375. The number of nitrogens with zero attached hydrogens (tertiary/aromatic N) is 1. The predicted octanol–water partition coefficient (Wildman–Crippen LogP) is 1.83. The Bertz CT molecular complexity index is 268. The average molecular weight is 184 g/mol. The first-order valence-electron chi connectivity index (χ1n) is 3.71. The molecule has 1 rings (SSSR count). The van der Waals surface area contributed by atoms with Gasteiger partial charge in [-0.1, -0.05) is 0 Å². The number of hydrogen-bond donors (Lipinski definition) is 1. The zero-order valence-corrected chi connectivity index (χ0v) is 7.97. The minimum absolute atomic E-state index is 0.185. The number of rotatable bonds is 3. The molecule has 0 radical (unpaired) electrons. The van der Waals surface area contributed by atoms with Crippen molar-refractivity contribution < 1.29 is 4.74 Å². The molecule has 0 aliphatic heterocycles. The lowest BCUT2D eigenvalue weighted by Crippen LogP contribution is -2.05. The van der Waals surface area contributed by atoms with E-state index >= 15 is 0 Å². The van der Waals surface area contributed by atoms with Crippen molar-refractivity contribution in [3.05, 3.63) is 16.3 Å². The maximum absolute atomic E-state index is 5.50. The van der Waals surface area contributed by atoms with Crippen LogP contribution >= 0.6 is 11.3 Å². The molecule has 0 fully saturated rings. The molecule has 1 aromatic rings. The third-order valence-corrected chi connectivity index (χ3v) is 2.04. The van der Waals surface area contributed by atoms with Gasteiger partial charge in [0.15, 0.2) is 0 Å². The van der Waals surface area contributed by atoms with Gasteiger partial charge in [-0.2, -0.15) is 5.10 Å². The molecule has 4 heteroatoms. The minimum atomic E-state index is 0.185. The average Bonchev–Trinajstić information content (AvgIpc) is 2.37. The van der Waals surface area contributed by atoms with Crippen molar-refractivity contribution in [1.82, 2.24) is 0 Å². The number of hydrazone groups is 1. The van der Waals surface area contributed by atoms with Gasteiger partial charge < -0.3 is 10.6 Å². The van der Waals surface area contributed by atoms with E-state index in [4.69, 9.17) is 10.6 Å². The molecule has 0 atom stereocenters. The summed E-state index contributed by atoms with van der Waals surface area (Å²) in [6.07, 6.45) is 1.78. The molecule has 66 valence electrons. The van der Waals surface area contributed by atoms with Crippen molar-refractivity contribution >= 4 is 17.6 Å². The Hall–Kier alpha value is -1.03. The van der Waals surface area contributed by atoms with Gasteiger partial charge in [0, 0.05) is 0 Å². The van der Waals surface area contributed by atoms with E-state index in [0.717, 1.165) is 10.6 Å². The van der Waals surface area contributed by atoms with E-state index in [-0.39, 0.29) is 6.10 Å². The summed E-state index contributed by atoms with van der Waals surface area (Å²) in [7, 11) is 0. The van der Waals surface area contributed by atoms with Gasteiger partial charge in [-0.25, -0.2) is 0 Å². The molecule has 0 aliphatic rings. The van der Waals surface area contributed by atoms with Crippen LogP contribution in [0.2, 0.25) is 0 Å². The van der Waals surface area contributed by atoms with Gasteiger partial charge in [0.1, 0.15) is 5.75 Å². The normalized spacial score (nSPS) is 11.2. The molecule has 0 aliphatic carbocycles. The minimum Gasteiger partial charge on any atom is -0.489 e. The van der Waals surface area contributed by atoms with Crippen molar-refractivity contribution in [2.45, 2.75) is 20.0 Å². The van der Waals surface area contributed by atoms with Crippen LogP contribution in [-0.4, -0.2) is 12.3 Å². The lowest BCUT2D eigenvalue weighted by molar-refractivity contribution is 0.243. The number of nitrogens with two attached hydrogens (primary N) is 1. The lowest BCUT2D eigenvalue weighted by atomic mass is 10.4. The van der Waals surface area contributed by atoms with E-state index in [2.05, 4.69) is 5.10 Å². The standard InChI is InChI=1S/C8H12N2OS/c1-6(2)11-7-3-4-12-8(7)5-10-9/h3-6H,9H2,1-2H3/b10-5+. The molecular formula is C8H12N2OS. The third-order valence-electron chi connectivity index (χ3n) is 1.21. The predicted molar refractivity (Wildman–Crippen MR) is 51.9 cm³/mol. The Morgan fingerprint density at radius 2 is 2.42 bits per heavy atom. The Morgan fingerprint density at radius 1 is 1.67 bits per heavy atom. The Kier molecular flexibility index (Phi) is 3.10. The highest BCUT2D eigenvalue weighted by Crippen LogP contribution is 2.23. The van der Waals surface area contributed by atoms with E-state index in [1.807, 2.05) is 25.3 Å². The van der Waals surface area contributed by atoms with E-state index in [0.29, 0.717) is 0 Å². The van der Waals surface area contributed by atoms with Crippen LogP contribution in [0, 0.1) is 0 Å². The maximum atomic E-state index is 5.50. The summed E-state index contributed by atoms with van der Waals surface area (Å²) < 4.78 is 5.50. The lowest BCUT2D eigenvalue weighted by Gasteiger charge is -2.07. The Balaban J connectivity index is 2.77. The van der Waals surface area contributed by atoms with E-state index in [9.17, 15) is 0 Å². The van der Waals surface area contributed by atoms with Crippen molar-refractivity contribution in [2.24, 2.45) is 10.9 Å². The summed E-state index contributed by atoms with van der Waals surface area (Å²) in [4.78, 5) is 0.964. The van der Waals surface area contributed by atoms with Gasteiger partial charge >= 0.3 is 0 Å². The molecule has 1 heterocycles. The second kappa shape index (κ2) is 4.11. The number of thiophene rings is 1. The topological polar surface area (TPSA) is 47.6 Å². The van der Waals surface area contributed by atoms with Gasteiger partial charge in [0.05, 0.1) is 17.2 Å². The van der Waals surface area contributed by atoms with Crippen LogP contribution in [0.15, 0.2) is 16.5 Å². The molecule has 0 saturated carbocycles. The highest BCUT2D eigenvalue weighted by molar-refractivity contribution is 7.12. The highest BCUT2D eigenvalue weighted by Gasteiger charge is 2.04. The molecular weight excluding hydrogens is 172 g/mol. The summed E-state index contributed by atoms with van der Waals surface area (Å²) in [5.74, 6) is 5.89. The van der Waals surface area contributed by atoms with Crippen molar-refractivity contribution in [1.29, 1.82) is 0 Å². The molecule has 0 bridgehead atoms. The van der Waals surface area contributed by atoms with Crippen molar-refractivity contribution in [3.63, 3.8) is 0 Å². The van der Waals surface area contributed by atoms with Crippen LogP contribution in [0.3, 0.4) is 0 Å². The quantitative estimate of drug-likeness (QED) is 0.442. The van der Waals surface area contributed by atoms with Crippen molar-refractivity contribution in [3.8, 4) is 5.75 Å². The molecule has 0 aromatic carbocycles. The highest BCUT2D eigenvalue weighted by atomic mass is 32.1. The van der Waals surface area contributed by atoms with Crippen LogP contribution < -0.4 is 10.6 Å². The molecule has 0 unspecified atom stereocenters. The molecule has 12 heavy (non-hydrogen) atoms. The third kappa shape index (κ3) is 2.23. The van der Waals surface area contributed by atoms with Crippen molar-refractivity contribution in [2.75, 3.05) is 0 Å². The fourth-order valence-corrected chi connectivity index (χ4v) is 1.51. The fourth-order valence-electron chi connectivity index (χ4n) is 0.822. The molecule has 2 N–H and O–H groups in total. The SMILES string of the molecule is CC(C)Oc1ccsc1/C=N/N. The number of ether oxygens (including phenoxy) is 1. The van der Waals surface area contributed by atoms with Crippen LogP contribution in [-0.2, 0) is 0 Å². The second-order valence-electron chi connectivity index (χ2n) is 2.59. The van der Waals surface area contributed by atoms with E-state index in [1.54, 1.807) is 17.6 Å². The van der Waals surface area contributed by atoms with Gasteiger partial charge in [0.2, 0.25) is 0 Å². The summed E-state index contributed by atoms with van der Waals surface area (Å²) in [5, 5.41) is 5.40. The molecule has 3 nitrogen and oxygen atoms in total.